The Bertz CT molecular complexity index is 657. The van der Waals surface area contributed by atoms with Crippen LogP contribution in [0.1, 0.15) is 36.7 Å². The fraction of sp³-hybridized carbons (Fsp3) is 0.235. The van der Waals surface area contributed by atoms with Crippen LogP contribution in [0.3, 0.4) is 0 Å². The van der Waals surface area contributed by atoms with Crippen LogP contribution in [-0.4, -0.2) is 5.97 Å². The van der Waals surface area contributed by atoms with Crippen LogP contribution in [0.15, 0.2) is 46.9 Å². The van der Waals surface area contributed by atoms with Crippen molar-refractivity contribution >= 4 is 33.5 Å². The van der Waals surface area contributed by atoms with E-state index in [-0.39, 0.29) is 11.4 Å². The molecular weight excluding hydrogens is 352 g/mol. The smallest absolute Gasteiger partial charge is 0.343 e. The minimum absolute atomic E-state index is 0.126. The van der Waals surface area contributed by atoms with Crippen LogP contribution >= 0.6 is 27.5 Å². The minimum Gasteiger partial charge on any atom is -0.423 e. The normalized spacial score (nSPS) is 11.3. The zero-order chi connectivity index (χ0) is 15.6. The Morgan fingerprint density at radius 3 is 2.29 bits per heavy atom. The number of halogens is 2. The molecule has 0 atom stereocenters. The molecule has 0 bridgehead atoms. The van der Waals surface area contributed by atoms with Gasteiger partial charge in [-0.1, -0.05) is 48.3 Å². The Hall–Kier alpha value is -1.32. The van der Waals surface area contributed by atoms with E-state index in [1.807, 2.05) is 12.1 Å². The minimum atomic E-state index is -0.389. The number of carbonyl (C=O) groups is 1. The number of ether oxygens (including phenoxy) is 1. The Morgan fingerprint density at radius 2 is 1.71 bits per heavy atom. The second-order valence-corrected chi connectivity index (χ2v) is 7.14. The standard InChI is InChI=1S/C17H16BrClO2/c1-17(2,3)14-10-12(18)6-9-15(14)21-16(20)11-4-7-13(19)8-5-11/h4-10H,1-3H3. The van der Waals surface area contributed by atoms with E-state index in [1.165, 1.54) is 0 Å². The van der Waals surface area contributed by atoms with Crippen molar-refractivity contribution in [1.82, 2.24) is 0 Å². The lowest BCUT2D eigenvalue weighted by Crippen LogP contribution is -2.16. The third-order valence-corrected chi connectivity index (χ3v) is 3.78. The number of carbonyl (C=O) groups excluding carboxylic acids is 1. The molecule has 2 aromatic carbocycles. The van der Waals surface area contributed by atoms with Gasteiger partial charge in [0, 0.05) is 15.1 Å². The summed E-state index contributed by atoms with van der Waals surface area (Å²) < 4.78 is 6.51. The number of benzene rings is 2. The van der Waals surface area contributed by atoms with Gasteiger partial charge in [0.1, 0.15) is 5.75 Å². The molecule has 0 aliphatic heterocycles. The molecule has 4 heteroatoms. The molecule has 0 saturated carbocycles. The van der Waals surface area contributed by atoms with Crippen molar-refractivity contribution in [3.63, 3.8) is 0 Å². The van der Waals surface area contributed by atoms with E-state index in [4.69, 9.17) is 16.3 Å². The van der Waals surface area contributed by atoms with Crippen LogP contribution in [-0.2, 0) is 5.41 Å². The van der Waals surface area contributed by atoms with Gasteiger partial charge in [0.05, 0.1) is 5.56 Å². The van der Waals surface area contributed by atoms with E-state index in [1.54, 1.807) is 30.3 Å². The number of hydrogen-bond acceptors (Lipinski definition) is 2. The molecule has 0 fully saturated rings. The van der Waals surface area contributed by atoms with Crippen LogP contribution < -0.4 is 4.74 Å². The quantitative estimate of drug-likeness (QED) is 0.508. The van der Waals surface area contributed by atoms with Crippen molar-refractivity contribution in [3.8, 4) is 5.75 Å². The van der Waals surface area contributed by atoms with Crippen LogP contribution in [0, 0.1) is 0 Å². The van der Waals surface area contributed by atoms with Crippen LogP contribution in [0.4, 0.5) is 0 Å². The van der Waals surface area contributed by atoms with E-state index in [0.717, 1.165) is 10.0 Å². The Kier molecular flexibility index (Phi) is 4.74. The molecule has 0 spiro atoms. The molecular formula is C17H16BrClO2. The molecule has 0 aliphatic carbocycles. The summed E-state index contributed by atoms with van der Waals surface area (Å²) in [6.45, 7) is 6.23. The fourth-order valence-electron chi connectivity index (χ4n) is 1.92. The summed E-state index contributed by atoms with van der Waals surface area (Å²) in [5.41, 5.74) is 1.32. The maximum atomic E-state index is 12.2. The molecule has 0 aromatic heterocycles. The summed E-state index contributed by atoms with van der Waals surface area (Å²) in [5.74, 6) is 0.185. The first-order valence-corrected chi connectivity index (χ1v) is 7.72. The van der Waals surface area contributed by atoms with Gasteiger partial charge < -0.3 is 4.74 Å². The highest BCUT2D eigenvalue weighted by atomic mass is 79.9. The van der Waals surface area contributed by atoms with Crippen LogP contribution in [0.2, 0.25) is 5.02 Å². The number of rotatable bonds is 2. The van der Waals surface area contributed by atoms with Crippen molar-refractivity contribution in [2.24, 2.45) is 0 Å². The average molecular weight is 368 g/mol. The predicted octanol–water partition coefficient (Wildman–Crippen LogP) is 5.62. The molecule has 110 valence electrons. The average Bonchev–Trinajstić information content (AvgIpc) is 2.40. The van der Waals surface area contributed by atoms with E-state index in [2.05, 4.69) is 36.7 Å². The summed E-state index contributed by atoms with van der Waals surface area (Å²) in [6, 6.07) is 12.3. The molecule has 21 heavy (non-hydrogen) atoms. The van der Waals surface area contributed by atoms with Gasteiger partial charge in [-0.05, 0) is 47.9 Å². The third-order valence-electron chi connectivity index (χ3n) is 3.03. The molecule has 0 radical (unpaired) electrons. The molecule has 2 nitrogen and oxygen atoms in total. The number of hydrogen-bond donors (Lipinski definition) is 0. The van der Waals surface area contributed by atoms with Crippen molar-refractivity contribution in [2.45, 2.75) is 26.2 Å². The van der Waals surface area contributed by atoms with Gasteiger partial charge in [0.25, 0.3) is 0 Å². The summed E-state index contributed by atoms with van der Waals surface area (Å²) >= 11 is 9.27. The highest BCUT2D eigenvalue weighted by Crippen LogP contribution is 2.34. The second kappa shape index (κ2) is 6.20. The zero-order valence-corrected chi connectivity index (χ0v) is 14.5. The van der Waals surface area contributed by atoms with Crippen molar-refractivity contribution in [2.75, 3.05) is 0 Å². The maximum absolute atomic E-state index is 12.2. The summed E-state index contributed by atoms with van der Waals surface area (Å²) in [6.07, 6.45) is 0. The predicted molar refractivity (Wildman–Crippen MR) is 89.3 cm³/mol. The third kappa shape index (κ3) is 4.08. The van der Waals surface area contributed by atoms with E-state index < -0.39 is 0 Å². The molecule has 0 amide bonds. The van der Waals surface area contributed by atoms with E-state index in [0.29, 0.717) is 16.3 Å². The molecule has 0 saturated heterocycles. The van der Waals surface area contributed by atoms with Gasteiger partial charge in [-0.2, -0.15) is 0 Å². The molecule has 2 rings (SSSR count). The Morgan fingerprint density at radius 1 is 1.10 bits per heavy atom. The van der Waals surface area contributed by atoms with Crippen molar-refractivity contribution in [3.05, 3.63) is 63.1 Å². The van der Waals surface area contributed by atoms with Gasteiger partial charge in [0.15, 0.2) is 0 Å². The molecule has 0 aliphatic rings. The van der Waals surface area contributed by atoms with E-state index in [9.17, 15) is 4.79 Å². The van der Waals surface area contributed by atoms with E-state index >= 15 is 0 Å². The van der Waals surface area contributed by atoms with Gasteiger partial charge in [-0.25, -0.2) is 4.79 Å². The molecule has 0 unspecified atom stereocenters. The highest BCUT2D eigenvalue weighted by molar-refractivity contribution is 9.10. The van der Waals surface area contributed by atoms with Crippen molar-refractivity contribution < 1.29 is 9.53 Å². The molecule has 0 heterocycles. The molecule has 0 N–H and O–H groups in total. The van der Waals surface area contributed by atoms with Gasteiger partial charge in [-0.3, -0.25) is 0 Å². The first kappa shape index (κ1) is 16.1. The lowest BCUT2D eigenvalue weighted by atomic mass is 9.86. The Labute approximate surface area is 138 Å². The first-order chi connectivity index (χ1) is 9.77. The lowest BCUT2D eigenvalue weighted by molar-refractivity contribution is 0.0732. The fourth-order valence-corrected chi connectivity index (χ4v) is 2.41. The van der Waals surface area contributed by atoms with Gasteiger partial charge in [0.2, 0.25) is 0 Å². The van der Waals surface area contributed by atoms with Gasteiger partial charge >= 0.3 is 5.97 Å². The van der Waals surface area contributed by atoms with Crippen LogP contribution in [0.5, 0.6) is 5.75 Å². The first-order valence-electron chi connectivity index (χ1n) is 6.55. The summed E-state index contributed by atoms with van der Waals surface area (Å²) in [5, 5.41) is 0.588. The van der Waals surface area contributed by atoms with Gasteiger partial charge in [-0.15, -0.1) is 0 Å². The second-order valence-electron chi connectivity index (χ2n) is 5.79. The van der Waals surface area contributed by atoms with Crippen LogP contribution in [0.25, 0.3) is 0 Å². The summed E-state index contributed by atoms with van der Waals surface area (Å²) in [7, 11) is 0. The Balaban J connectivity index is 2.31. The summed E-state index contributed by atoms with van der Waals surface area (Å²) in [4.78, 5) is 12.2. The zero-order valence-electron chi connectivity index (χ0n) is 12.1. The largest absolute Gasteiger partial charge is 0.423 e. The SMILES string of the molecule is CC(C)(C)c1cc(Br)ccc1OC(=O)c1ccc(Cl)cc1. The maximum Gasteiger partial charge on any atom is 0.343 e. The molecule has 2 aromatic rings. The topological polar surface area (TPSA) is 26.3 Å². The highest BCUT2D eigenvalue weighted by Gasteiger charge is 2.21. The lowest BCUT2D eigenvalue weighted by Gasteiger charge is -2.22. The number of esters is 1. The van der Waals surface area contributed by atoms with Crippen molar-refractivity contribution in [1.29, 1.82) is 0 Å². The monoisotopic (exact) mass is 366 g/mol.